The summed E-state index contributed by atoms with van der Waals surface area (Å²) in [7, 11) is -1.20. The number of carbonyl (C=O) groups is 1. The van der Waals surface area contributed by atoms with Crippen molar-refractivity contribution in [3.8, 4) is 0 Å². The number of fused-ring (bicyclic) bond motifs is 2. The number of hydrogen-bond donors (Lipinski definition) is 0. The van der Waals surface area contributed by atoms with E-state index in [0.29, 0.717) is 17.3 Å². The highest BCUT2D eigenvalue weighted by Gasteiger charge is 2.25. The van der Waals surface area contributed by atoms with Crippen LogP contribution in [0.15, 0.2) is 47.5 Å². The van der Waals surface area contributed by atoms with Crippen molar-refractivity contribution in [2.24, 2.45) is 4.99 Å². The van der Waals surface area contributed by atoms with Crippen LogP contribution >= 0.6 is 11.3 Å². The summed E-state index contributed by atoms with van der Waals surface area (Å²) in [6.07, 6.45) is 2.69. The largest absolute Gasteiger partial charge is 0.361 e. The first kappa shape index (κ1) is 20.9. The van der Waals surface area contributed by atoms with Crippen molar-refractivity contribution in [1.82, 2.24) is 4.98 Å². The maximum atomic E-state index is 13.6. The van der Waals surface area contributed by atoms with Crippen LogP contribution in [-0.4, -0.2) is 45.1 Å². The van der Waals surface area contributed by atoms with Gasteiger partial charge in [0.15, 0.2) is 5.13 Å². The molecule has 1 aliphatic rings. The Balaban J connectivity index is 1.65. The number of amides is 1. The number of anilines is 1. The second-order valence-electron chi connectivity index (χ2n) is 8.71. The molecule has 1 aromatic heterocycles. The molecule has 2 aromatic carbocycles. The Kier molecular flexibility index (Phi) is 6.13. The van der Waals surface area contributed by atoms with Crippen molar-refractivity contribution < 1.29 is 9.53 Å². The Labute approximate surface area is 182 Å². The molecule has 0 bridgehead atoms. The van der Waals surface area contributed by atoms with Gasteiger partial charge in [-0.3, -0.25) is 14.7 Å². The molecule has 0 radical (unpaired) electrons. The molecule has 3 aromatic rings. The first-order valence-electron chi connectivity index (χ1n) is 10.3. The van der Waals surface area contributed by atoms with E-state index in [9.17, 15) is 4.79 Å². The van der Waals surface area contributed by atoms with Crippen LogP contribution in [-0.2, 0) is 11.2 Å². The topological polar surface area (TPSA) is 54.8 Å². The van der Waals surface area contributed by atoms with E-state index in [4.69, 9.17) is 9.72 Å². The summed E-state index contributed by atoms with van der Waals surface area (Å²) in [6.45, 7) is 8.59. The highest BCUT2D eigenvalue weighted by Crippen LogP contribution is 2.30. The van der Waals surface area contributed by atoms with E-state index < -0.39 is 8.07 Å². The van der Waals surface area contributed by atoms with Gasteiger partial charge in [-0.15, -0.1) is 0 Å². The van der Waals surface area contributed by atoms with Gasteiger partial charge in [0, 0.05) is 38.6 Å². The summed E-state index contributed by atoms with van der Waals surface area (Å²) in [4.78, 5) is 24.4. The lowest BCUT2D eigenvalue weighted by Crippen LogP contribution is -2.35. The highest BCUT2D eigenvalue weighted by molar-refractivity contribution is 7.22. The van der Waals surface area contributed by atoms with Gasteiger partial charge in [-0.25, -0.2) is 4.98 Å². The second kappa shape index (κ2) is 8.79. The molecule has 5 nitrogen and oxygen atoms in total. The van der Waals surface area contributed by atoms with E-state index in [1.54, 1.807) is 4.90 Å². The molecule has 1 amide bonds. The van der Waals surface area contributed by atoms with Crippen LogP contribution in [0.25, 0.3) is 10.2 Å². The molecular formula is C23H27N3O2SSi. The minimum absolute atomic E-state index is 0.0905. The maximum absolute atomic E-state index is 13.6. The number of carbonyl (C=O) groups excluding carboxylic acids is 1. The molecule has 156 valence electrons. The summed E-state index contributed by atoms with van der Waals surface area (Å²) < 4.78 is 7.04. The Morgan fingerprint density at radius 2 is 2.00 bits per heavy atom. The molecule has 7 heteroatoms. The molecule has 0 atom stereocenters. The highest BCUT2D eigenvalue weighted by atomic mass is 32.1. The van der Waals surface area contributed by atoms with Gasteiger partial charge in [0.05, 0.1) is 10.2 Å². The number of thiazole rings is 1. The van der Waals surface area contributed by atoms with Crippen LogP contribution in [0.3, 0.4) is 0 Å². The summed E-state index contributed by atoms with van der Waals surface area (Å²) in [5.74, 6) is -0.0905. The quantitative estimate of drug-likeness (QED) is 0.289. The van der Waals surface area contributed by atoms with Gasteiger partial charge in [-0.2, -0.15) is 0 Å². The lowest BCUT2D eigenvalue weighted by molar-refractivity contribution is 0.0900. The smallest absolute Gasteiger partial charge is 0.262 e. The molecule has 0 saturated carbocycles. The molecule has 0 fully saturated rings. The monoisotopic (exact) mass is 437 g/mol. The number of hydrogen-bond acceptors (Lipinski definition) is 5. The average Bonchev–Trinajstić information content (AvgIpc) is 3.16. The lowest BCUT2D eigenvalue weighted by atomic mass is 9.97. The Morgan fingerprint density at radius 3 is 2.80 bits per heavy atom. The first-order valence-corrected chi connectivity index (χ1v) is 14.8. The third kappa shape index (κ3) is 4.69. The molecule has 4 rings (SSSR count). The minimum Gasteiger partial charge on any atom is -0.361 e. The SMILES string of the molecule is C[Si](C)(C)CCOCN(C(=O)c1cccc2c1C=NCC2)c1nc2ccccc2s1. The number of aliphatic imine (C=N–C) groups is 1. The van der Waals surface area contributed by atoms with Crippen molar-refractivity contribution in [3.63, 3.8) is 0 Å². The average molecular weight is 438 g/mol. The zero-order valence-corrected chi connectivity index (χ0v) is 19.5. The summed E-state index contributed by atoms with van der Waals surface area (Å²) >= 11 is 1.52. The minimum atomic E-state index is -1.20. The zero-order valence-electron chi connectivity index (χ0n) is 17.7. The van der Waals surface area contributed by atoms with Crippen LogP contribution < -0.4 is 4.90 Å². The van der Waals surface area contributed by atoms with E-state index in [2.05, 4.69) is 30.7 Å². The standard InChI is InChI=1S/C23H27N3O2SSi/c1-30(2,3)14-13-28-16-26(23-25-20-9-4-5-10-21(20)29-23)22(27)18-8-6-7-17-11-12-24-15-19(17)18/h4-10,15H,11-14,16H2,1-3H3. The fourth-order valence-corrected chi connectivity index (χ4v) is 5.07. The Hall–Kier alpha value is -2.35. The zero-order chi connectivity index (χ0) is 21.1. The predicted octanol–water partition coefficient (Wildman–Crippen LogP) is 5.23. The van der Waals surface area contributed by atoms with Crippen molar-refractivity contribution in [1.29, 1.82) is 0 Å². The summed E-state index contributed by atoms with van der Waals surface area (Å²) in [5, 5.41) is 0.666. The molecule has 2 heterocycles. The van der Waals surface area contributed by atoms with Crippen molar-refractivity contribution in [2.45, 2.75) is 32.1 Å². The number of rotatable bonds is 7. The van der Waals surface area contributed by atoms with Crippen LogP contribution in [0, 0.1) is 0 Å². The molecular weight excluding hydrogens is 410 g/mol. The number of nitrogens with zero attached hydrogens (tertiary/aromatic N) is 3. The van der Waals surface area contributed by atoms with Crippen LogP contribution in [0.5, 0.6) is 0 Å². The van der Waals surface area contributed by atoms with Crippen LogP contribution in [0.2, 0.25) is 25.7 Å². The van der Waals surface area contributed by atoms with Crippen LogP contribution in [0.1, 0.15) is 21.5 Å². The molecule has 0 saturated heterocycles. The first-order chi connectivity index (χ1) is 14.4. The predicted molar refractivity (Wildman–Crippen MR) is 128 cm³/mol. The number of benzene rings is 2. The third-order valence-electron chi connectivity index (χ3n) is 5.13. The molecule has 0 aliphatic carbocycles. The fraction of sp³-hybridized carbons (Fsp3) is 0.348. The number of ether oxygens (including phenoxy) is 1. The molecule has 0 spiro atoms. The Bertz CT molecular complexity index is 1050. The fourth-order valence-electron chi connectivity index (χ4n) is 3.37. The number of para-hydroxylation sites is 1. The van der Waals surface area contributed by atoms with E-state index in [1.165, 1.54) is 16.9 Å². The van der Waals surface area contributed by atoms with Gasteiger partial charge in [0.1, 0.15) is 6.73 Å². The van der Waals surface area contributed by atoms with Gasteiger partial charge in [-0.05, 0) is 36.2 Å². The van der Waals surface area contributed by atoms with E-state index >= 15 is 0 Å². The number of aromatic nitrogens is 1. The Morgan fingerprint density at radius 1 is 1.17 bits per heavy atom. The maximum Gasteiger partial charge on any atom is 0.262 e. The summed E-state index contributed by atoms with van der Waals surface area (Å²) in [5.41, 5.74) is 3.64. The van der Waals surface area contributed by atoms with Gasteiger partial charge in [0.25, 0.3) is 5.91 Å². The third-order valence-corrected chi connectivity index (χ3v) is 7.90. The molecule has 1 aliphatic heterocycles. The second-order valence-corrected chi connectivity index (χ2v) is 15.3. The normalized spacial score (nSPS) is 13.4. The van der Waals surface area contributed by atoms with Gasteiger partial charge >= 0.3 is 0 Å². The van der Waals surface area contributed by atoms with Gasteiger partial charge < -0.3 is 4.74 Å². The van der Waals surface area contributed by atoms with E-state index in [1.807, 2.05) is 42.6 Å². The van der Waals surface area contributed by atoms with Crippen LogP contribution in [0.4, 0.5) is 5.13 Å². The molecule has 30 heavy (non-hydrogen) atoms. The van der Waals surface area contributed by atoms with E-state index in [-0.39, 0.29) is 12.6 Å². The molecule has 0 N–H and O–H groups in total. The lowest BCUT2D eigenvalue weighted by Gasteiger charge is -2.23. The summed E-state index contributed by atoms with van der Waals surface area (Å²) in [6, 6.07) is 14.9. The van der Waals surface area contributed by atoms with Gasteiger partial charge in [0.2, 0.25) is 0 Å². The van der Waals surface area contributed by atoms with Crippen molar-refractivity contribution >= 4 is 46.9 Å². The van der Waals surface area contributed by atoms with Crippen molar-refractivity contribution in [3.05, 3.63) is 59.2 Å². The van der Waals surface area contributed by atoms with Gasteiger partial charge in [-0.1, -0.05) is 55.2 Å². The molecule has 0 unspecified atom stereocenters. The van der Waals surface area contributed by atoms with E-state index in [0.717, 1.165) is 34.8 Å². The van der Waals surface area contributed by atoms with Crippen molar-refractivity contribution in [2.75, 3.05) is 24.8 Å².